The van der Waals surface area contributed by atoms with Gasteiger partial charge in [-0.05, 0) is 18.1 Å². The van der Waals surface area contributed by atoms with Gasteiger partial charge in [-0.2, -0.15) is 15.0 Å². The maximum Gasteiger partial charge on any atom is 0.304 e. The second-order valence-corrected chi connectivity index (χ2v) is 7.80. The van der Waals surface area contributed by atoms with Crippen LogP contribution in [0.3, 0.4) is 0 Å². The number of nitrogens with zero attached hydrogens (tertiary/aromatic N) is 5. The summed E-state index contributed by atoms with van der Waals surface area (Å²) < 4.78 is 21.3. The summed E-state index contributed by atoms with van der Waals surface area (Å²) in [5.41, 5.74) is 8.04. The van der Waals surface area contributed by atoms with Crippen molar-refractivity contribution in [3.8, 4) is 12.0 Å². The highest BCUT2D eigenvalue weighted by atomic mass is 19.1. The number of nitrogens with one attached hydrogen (secondary N) is 1. The lowest BCUT2D eigenvalue weighted by molar-refractivity contribution is 0.100. The molecule has 3 heterocycles. The van der Waals surface area contributed by atoms with Crippen LogP contribution in [0, 0.1) is 5.82 Å². The molecule has 4 aromatic rings. The molecule has 2 aromatic heterocycles. The van der Waals surface area contributed by atoms with E-state index in [1.807, 2.05) is 42.3 Å². The van der Waals surface area contributed by atoms with Crippen molar-refractivity contribution < 1.29 is 13.9 Å². The predicted octanol–water partition coefficient (Wildman–Crippen LogP) is 2.67. The van der Waals surface area contributed by atoms with E-state index in [0.29, 0.717) is 12.4 Å². The maximum absolute atomic E-state index is 14.4. The van der Waals surface area contributed by atoms with E-state index in [1.165, 1.54) is 17.7 Å². The van der Waals surface area contributed by atoms with Crippen LogP contribution in [0.25, 0.3) is 17.0 Å². The van der Waals surface area contributed by atoms with E-state index in [-0.39, 0.29) is 28.6 Å². The first-order valence-electron chi connectivity index (χ1n) is 10.4. The third-order valence-electron chi connectivity index (χ3n) is 5.68. The number of hydrogen-bond acceptors (Lipinski definition) is 7. The summed E-state index contributed by atoms with van der Waals surface area (Å²) in [5, 5.41) is 3.41. The Kier molecular flexibility index (Phi) is 5.04. The fourth-order valence-electron chi connectivity index (χ4n) is 4.06. The van der Waals surface area contributed by atoms with Gasteiger partial charge in [-0.15, -0.1) is 0 Å². The van der Waals surface area contributed by atoms with Crippen LogP contribution in [-0.2, 0) is 13.0 Å². The predicted molar refractivity (Wildman–Crippen MR) is 122 cm³/mol. The second-order valence-electron chi connectivity index (χ2n) is 7.80. The molecule has 0 atom stereocenters. The number of carbonyl (C=O) groups excluding carboxylic acids is 1. The van der Waals surface area contributed by atoms with Gasteiger partial charge in [-0.3, -0.25) is 4.79 Å². The molecule has 1 aliphatic heterocycles. The molecule has 10 heteroatoms. The lowest BCUT2D eigenvalue weighted by Gasteiger charge is -2.16. The summed E-state index contributed by atoms with van der Waals surface area (Å²) in [7, 11) is 3.39. The first kappa shape index (κ1) is 20.7. The summed E-state index contributed by atoms with van der Waals surface area (Å²) >= 11 is 0. The van der Waals surface area contributed by atoms with Crippen LogP contribution in [0.5, 0.6) is 6.01 Å². The van der Waals surface area contributed by atoms with Gasteiger partial charge in [0.25, 0.3) is 5.91 Å². The van der Waals surface area contributed by atoms with Gasteiger partial charge in [-0.25, -0.2) is 8.96 Å². The number of methoxy groups -OCH3 is 1. The molecule has 0 saturated heterocycles. The Morgan fingerprint density at radius 3 is 2.73 bits per heavy atom. The molecule has 1 amide bonds. The number of benzene rings is 2. The van der Waals surface area contributed by atoms with Crippen LogP contribution in [0.2, 0.25) is 0 Å². The largest absolute Gasteiger partial charge is 0.468 e. The van der Waals surface area contributed by atoms with E-state index in [4.69, 9.17) is 20.4 Å². The SMILES string of the molecule is COc1nc2c(C(N)=O)cc(F)cc2n1-c1nc(NCc2ccccc2)c2c(n1)N(C)CC2. The van der Waals surface area contributed by atoms with Gasteiger partial charge in [0.1, 0.15) is 23.0 Å². The summed E-state index contributed by atoms with van der Waals surface area (Å²) in [4.78, 5) is 27.8. The molecule has 5 rings (SSSR count). The topological polar surface area (TPSA) is 111 Å². The Hall–Kier alpha value is -4.21. The lowest BCUT2D eigenvalue weighted by Crippen LogP contribution is -2.16. The van der Waals surface area contributed by atoms with Crippen molar-refractivity contribution in [2.45, 2.75) is 13.0 Å². The Labute approximate surface area is 189 Å². The normalized spacial score (nSPS) is 12.8. The molecule has 0 bridgehead atoms. The number of amides is 1. The molecule has 3 N–H and O–H groups in total. The number of fused-ring (bicyclic) bond motifs is 2. The number of ether oxygens (including phenoxy) is 1. The quantitative estimate of drug-likeness (QED) is 0.467. The molecule has 0 unspecified atom stereocenters. The van der Waals surface area contributed by atoms with Crippen molar-refractivity contribution in [1.82, 2.24) is 19.5 Å². The monoisotopic (exact) mass is 447 g/mol. The fraction of sp³-hybridized carbons (Fsp3) is 0.217. The average molecular weight is 447 g/mol. The van der Waals surface area contributed by atoms with E-state index < -0.39 is 11.7 Å². The third kappa shape index (κ3) is 3.59. The molecule has 0 saturated carbocycles. The molecule has 168 valence electrons. The maximum atomic E-state index is 14.4. The van der Waals surface area contributed by atoms with Crippen LogP contribution in [0.4, 0.5) is 16.0 Å². The van der Waals surface area contributed by atoms with Crippen molar-refractivity contribution in [2.75, 3.05) is 30.9 Å². The van der Waals surface area contributed by atoms with Crippen molar-refractivity contribution in [3.05, 3.63) is 65.0 Å². The van der Waals surface area contributed by atoms with Crippen molar-refractivity contribution in [2.24, 2.45) is 5.73 Å². The van der Waals surface area contributed by atoms with Crippen LogP contribution >= 0.6 is 0 Å². The number of aromatic nitrogens is 4. The number of halogens is 1. The molecule has 0 spiro atoms. The number of carbonyl (C=O) groups is 1. The van der Waals surface area contributed by atoms with E-state index >= 15 is 0 Å². The van der Waals surface area contributed by atoms with E-state index in [9.17, 15) is 9.18 Å². The molecule has 0 fully saturated rings. The number of rotatable bonds is 6. The van der Waals surface area contributed by atoms with Crippen LogP contribution in [-0.4, -0.2) is 46.1 Å². The number of nitrogens with two attached hydrogens (primary N) is 1. The Balaban J connectivity index is 1.68. The van der Waals surface area contributed by atoms with Gasteiger partial charge in [0.2, 0.25) is 5.95 Å². The number of likely N-dealkylation sites (N-methyl/N-ethyl adjacent to an activating group) is 1. The fourth-order valence-corrected chi connectivity index (χ4v) is 4.06. The summed E-state index contributed by atoms with van der Waals surface area (Å²) in [6.45, 7) is 1.38. The molecule has 2 aromatic carbocycles. The highest BCUT2D eigenvalue weighted by Crippen LogP contribution is 2.34. The molecule has 9 nitrogen and oxygen atoms in total. The highest BCUT2D eigenvalue weighted by molar-refractivity contribution is 6.04. The number of primary amides is 1. The molecule has 0 aliphatic carbocycles. The minimum Gasteiger partial charge on any atom is -0.468 e. The minimum absolute atomic E-state index is 0.0391. The van der Waals surface area contributed by atoms with Gasteiger partial charge in [0, 0.05) is 31.8 Å². The zero-order chi connectivity index (χ0) is 23.1. The van der Waals surface area contributed by atoms with Crippen LogP contribution in [0.1, 0.15) is 21.5 Å². The smallest absolute Gasteiger partial charge is 0.304 e. The first-order chi connectivity index (χ1) is 16.0. The Bertz CT molecular complexity index is 1370. The van der Waals surface area contributed by atoms with Gasteiger partial charge >= 0.3 is 6.01 Å². The van der Waals surface area contributed by atoms with E-state index in [1.54, 1.807) is 0 Å². The van der Waals surface area contributed by atoms with Crippen molar-refractivity contribution in [1.29, 1.82) is 0 Å². The minimum atomic E-state index is -0.786. The van der Waals surface area contributed by atoms with E-state index in [2.05, 4.69) is 10.3 Å². The molecule has 33 heavy (non-hydrogen) atoms. The first-order valence-corrected chi connectivity index (χ1v) is 10.4. The highest BCUT2D eigenvalue weighted by Gasteiger charge is 2.27. The molecular formula is C23H22FN7O2. The number of hydrogen-bond donors (Lipinski definition) is 2. The standard InChI is InChI=1S/C23H22FN7O2/c1-30-9-8-15-20(26-12-13-6-4-3-5-7-13)28-22(29-21(15)30)31-17-11-14(24)10-16(19(25)32)18(17)27-23(31)33-2/h3-7,10-11H,8-9,12H2,1-2H3,(H2,25,32)(H,26,28,29). The summed E-state index contributed by atoms with van der Waals surface area (Å²) in [5.74, 6) is 0.287. The number of imidazole rings is 1. The summed E-state index contributed by atoms with van der Waals surface area (Å²) in [6, 6.07) is 12.4. The van der Waals surface area contributed by atoms with Gasteiger partial charge < -0.3 is 20.7 Å². The van der Waals surface area contributed by atoms with Gasteiger partial charge in [0.15, 0.2) is 0 Å². The van der Waals surface area contributed by atoms with E-state index in [0.717, 1.165) is 36.0 Å². The average Bonchev–Trinajstić information content (AvgIpc) is 3.37. The van der Waals surface area contributed by atoms with Crippen LogP contribution in [0.15, 0.2) is 42.5 Å². The number of anilines is 2. The van der Waals surface area contributed by atoms with Crippen molar-refractivity contribution in [3.63, 3.8) is 0 Å². The van der Waals surface area contributed by atoms with Gasteiger partial charge in [-0.1, -0.05) is 30.3 Å². The molecule has 1 aliphatic rings. The van der Waals surface area contributed by atoms with Gasteiger partial charge in [0.05, 0.1) is 18.2 Å². The molecular weight excluding hydrogens is 425 g/mol. The zero-order valence-electron chi connectivity index (χ0n) is 18.2. The lowest BCUT2D eigenvalue weighted by atomic mass is 10.1. The Morgan fingerprint density at radius 1 is 1.21 bits per heavy atom. The summed E-state index contributed by atoms with van der Waals surface area (Å²) in [6.07, 6.45) is 0.797. The third-order valence-corrected chi connectivity index (χ3v) is 5.68. The second kappa shape index (κ2) is 8.05. The van der Waals surface area contributed by atoms with Crippen LogP contribution < -0.4 is 20.7 Å². The zero-order valence-corrected chi connectivity index (χ0v) is 18.2. The Morgan fingerprint density at radius 2 is 2.00 bits per heavy atom. The van der Waals surface area contributed by atoms with Crippen molar-refractivity contribution >= 4 is 28.6 Å². The molecule has 0 radical (unpaired) electrons.